The zero-order chi connectivity index (χ0) is 44.9. The maximum atomic E-state index is 2.57. The van der Waals surface area contributed by atoms with Gasteiger partial charge in [0.1, 0.15) is 0 Å². The minimum atomic E-state index is 0.242. The molecule has 0 N–H and O–H groups in total. The second-order valence-electron chi connectivity index (χ2n) is 21.0. The molecule has 0 spiro atoms. The molecule has 0 fully saturated rings. The molecule has 6 aliphatic rings. The first kappa shape index (κ1) is 38.4. The van der Waals surface area contributed by atoms with Gasteiger partial charge in [-0.15, -0.1) is 0 Å². The van der Waals surface area contributed by atoms with E-state index in [1.165, 1.54) is 133 Å². The second kappa shape index (κ2) is 14.5. The monoisotopic (exact) mass is 870 g/mol. The third-order valence-corrected chi connectivity index (χ3v) is 17.4. The van der Waals surface area contributed by atoms with Crippen LogP contribution in [0.5, 0.6) is 0 Å². The van der Waals surface area contributed by atoms with E-state index in [4.69, 9.17) is 0 Å². The van der Waals surface area contributed by atoms with E-state index in [0.717, 1.165) is 38.5 Å². The molecule has 10 aromatic rings. The van der Waals surface area contributed by atoms with Crippen molar-refractivity contribution >= 4 is 69.3 Å². The zero-order valence-electron chi connectivity index (χ0n) is 38.5. The highest BCUT2D eigenvalue weighted by molar-refractivity contribution is 6.98. The molecule has 0 radical (unpaired) electrons. The van der Waals surface area contributed by atoms with Crippen LogP contribution >= 0.6 is 0 Å². The van der Waals surface area contributed by atoms with E-state index in [0.29, 0.717) is 0 Å². The van der Waals surface area contributed by atoms with Gasteiger partial charge in [0.15, 0.2) is 0 Å². The summed E-state index contributed by atoms with van der Waals surface area (Å²) in [6.45, 7) is 0.725. The molecular weight excluding hydrogens is 825 g/mol. The van der Waals surface area contributed by atoms with Crippen molar-refractivity contribution in [1.29, 1.82) is 0 Å². The molecule has 0 aliphatic carbocycles. The Morgan fingerprint density at radius 1 is 0.188 bits per heavy atom. The molecule has 69 heavy (non-hydrogen) atoms. The van der Waals surface area contributed by atoms with E-state index in [2.05, 4.69) is 200 Å². The van der Waals surface area contributed by atoms with Gasteiger partial charge in [-0.2, -0.15) is 0 Å². The Hall–Kier alpha value is -7.61. The van der Waals surface area contributed by atoms with Crippen LogP contribution in [0.2, 0.25) is 0 Å². The highest BCUT2D eigenvalue weighted by atomic mass is 14.3. The van der Waals surface area contributed by atoms with Crippen LogP contribution in [0.3, 0.4) is 0 Å². The van der Waals surface area contributed by atoms with Crippen LogP contribution in [-0.4, -0.2) is 20.1 Å². The first-order valence-electron chi connectivity index (χ1n) is 25.3. The van der Waals surface area contributed by atoms with Crippen LogP contribution in [0, 0.1) is 0 Å². The third kappa shape index (κ3) is 5.68. The normalized spacial score (nSPS) is 14.5. The lowest BCUT2D eigenvalue weighted by Gasteiger charge is -2.34. The van der Waals surface area contributed by atoms with E-state index >= 15 is 0 Å². The predicted molar refractivity (Wildman–Crippen MR) is 292 cm³/mol. The van der Waals surface area contributed by atoms with Crippen LogP contribution in [0.25, 0.3) is 33.4 Å². The fraction of sp³-hybridized carbons (Fsp3) is 0.0909. The number of hydrogen-bond acceptors (Lipinski definition) is 0. The van der Waals surface area contributed by atoms with E-state index in [-0.39, 0.29) is 20.1 Å². The molecule has 0 saturated carbocycles. The second-order valence-corrected chi connectivity index (χ2v) is 21.0. The summed E-state index contributed by atoms with van der Waals surface area (Å²) in [6, 6.07) is 78.5. The average molecular weight is 871 g/mol. The number of benzene rings is 10. The third-order valence-electron chi connectivity index (χ3n) is 17.4. The molecule has 0 bridgehead atoms. The van der Waals surface area contributed by atoms with E-state index in [9.17, 15) is 0 Å². The minimum absolute atomic E-state index is 0.242. The summed E-state index contributed by atoms with van der Waals surface area (Å²) in [6.07, 6.45) is 5.98. The molecule has 0 saturated heterocycles. The summed E-state index contributed by atoms with van der Waals surface area (Å²) < 4.78 is 0. The molecule has 318 valence electrons. The highest BCUT2D eigenvalue weighted by Gasteiger charge is 2.40. The Morgan fingerprint density at radius 2 is 0.435 bits per heavy atom. The summed E-state index contributed by atoms with van der Waals surface area (Å²) in [7, 11) is 0. The van der Waals surface area contributed by atoms with E-state index in [1.807, 2.05) is 0 Å². The van der Waals surface area contributed by atoms with Crippen molar-refractivity contribution in [1.82, 2.24) is 0 Å². The Kier molecular flexibility index (Phi) is 8.04. The Morgan fingerprint density at radius 3 is 0.725 bits per heavy atom. The number of hydrogen-bond donors (Lipinski definition) is 0. The highest BCUT2D eigenvalue weighted by Crippen LogP contribution is 2.36. The van der Waals surface area contributed by atoms with Crippen LogP contribution in [0.15, 0.2) is 200 Å². The molecule has 0 aromatic heterocycles. The molecule has 6 aliphatic heterocycles. The van der Waals surface area contributed by atoms with Crippen LogP contribution in [0.4, 0.5) is 0 Å². The molecular formula is C66H45B3. The molecule has 3 heteroatoms. The van der Waals surface area contributed by atoms with Gasteiger partial charge in [0.05, 0.1) is 0 Å². The topological polar surface area (TPSA) is 0 Å². The van der Waals surface area contributed by atoms with Crippen LogP contribution in [-0.2, 0) is 38.5 Å². The smallest absolute Gasteiger partial charge is 0.0667 e. The van der Waals surface area contributed by atoms with Crippen molar-refractivity contribution in [3.05, 3.63) is 267 Å². The summed E-state index contributed by atoms with van der Waals surface area (Å²) >= 11 is 0. The maximum Gasteiger partial charge on any atom is 0.242 e. The molecule has 0 nitrogen and oxygen atoms in total. The largest absolute Gasteiger partial charge is 0.242 e. The van der Waals surface area contributed by atoms with Gasteiger partial charge in [0, 0.05) is 0 Å². The standard InChI is InChI=1S/C66H45B3/c1-4-19-58-43(10-1)28-49-13-7-16-52-31-46-25-22-40(37-61(46)67(58)64(49)52)55-34-56(41-23-26-47-32-53-17-8-14-50-29-44-11-2-5-20-59(44)68(65(50)53)62(47)38-41)36-57(35-55)42-24-27-48-33-54-18-9-15-51-30-45-12-3-6-21-60(45)69(66(51)54)63(48)39-42/h1-27,34-39H,28-33H2. The summed E-state index contributed by atoms with van der Waals surface area (Å²) in [5.41, 5.74) is 38.8. The van der Waals surface area contributed by atoms with Crippen molar-refractivity contribution in [3.8, 4) is 33.4 Å². The van der Waals surface area contributed by atoms with E-state index in [1.54, 1.807) is 16.4 Å². The number of rotatable bonds is 3. The predicted octanol–water partition coefficient (Wildman–Crippen LogP) is 7.66. The lowest BCUT2D eigenvalue weighted by atomic mass is 9.30. The van der Waals surface area contributed by atoms with Gasteiger partial charge in [-0.25, -0.2) is 0 Å². The number of fused-ring (bicyclic) bond motifs is 12. The van der Waals surface area contributed by atoms with Gasteiger partial charge in [0.25, 0.3) is 0 Å². The molecule has 10 aromatic carbocycles. The summed E-state index contributed by atoms with van der Waals surface area (Å²) in [5, 5.41) is 0. The van der Waals surface area contributed by atoms with Crippen molar-refractivity contribution in [3.63, 3.8) is 0 Å². The van der Waals surface area contributed by atoms with Crippen molar-refractivity contribution in [2.45, 2.75) is 38.5 Å². The SMILES string of the molecule is c1ccc2c(c1)Cc1cccc3c1B2c1cc(-c2cc(-c4ccc5c(c4)B4c6ccccc6Cc6cccc(c64)C5)cc(-c4ccc5c(c4)B4c6ccccc6Cc6cccc(c64)C5)c2)ccc1C3. The lowest BCUT2D eigenvalue weighted by molar-refractivity contribution is 1.15. The van der Waals surface area contributed by atoms with Crippen molar-refractivity contribution < 1.29 is 0 Å². The summed E-state index contributed by atoms with van der Waals surface area (Å²) in [4.78, 5) is 0. The zero-order valence-corrected chi connectivity index (χ0v) is 38.5. The maximum absolute atomic E-state index is 2.57. The van der Waals surface area contributed by atoms with Gasteiger partial charge in [-0.1, -0.05) is 231 Å². The van der Waals surface area contributed by atoms with E-state index < -0.39 is 0 Å². The first-order valence-corrected chi connectivity index (χ1v) is 25.3. The molecule has 6 heterocycles. The van der Waals surface area contributed by atoms with Gasteiger partial charge >= 0.3 is 0 Å². The Balaban J connectivity index is 0.890. The van der Waals surface area contributed by atoms with Gasteiger partial charge < -0.3 is 0 Å². The molecule has 16 rings (SSSR count). The fourth-order valence-electron chi connectivity index (χ4n) is 14.4. The van der Waals surface area contributed by atoms with Crippen LogP contribution in [0.1, 0.15) is 66.8 Å². The van der Waals surface area contributed by atoms with Gasteiger partial charge in [-0.3, -0.25) is 0 Å². The van der Waals surface area contributed by atoms with Crippen molar-refractivity contribution in [2.24, 2.45) is 0 Å². The summed E-state index contributed by atoms with van der Waals surface area (Å²) in [5.74, 6) is 0. The molecule has 0 atom stereocenters. The van der Waals surface area contributed by atoms with Gasteiger partial charge in [-0.05, 0) is 157 Å². The molecule has 0 unspecified atom stereocenters. The lowest BCUT2D eigenvalue weighted by Crippen LogP contribution is -2.61. The molecule has 0 amide bonds. The Bertz CT molecular complexity index is 3440. The fourth-order valence-corrected chi connectivity index (χ4v) is 14.4. The Labute approximate surface area is 406 Å². The van der Waals surface area contributed by atoms with Gasteiger partial charge in [0.2, 0.25) is 20.1 Å². The quantitative estimate of drug-likeness (QED) is 0.160. The van der Waals surface area contributed by atoms with Crippen molar-refractivity contribution in [2.75, 3.05) is 0 Å². The first-order chi connectivity index (χ1) is 34.1. The van der Waals surface area contributed by atoms with Crippen LogP contribution < -0.4 is 49.2 Å². The minimum Gasteiger partial charge on any atom is -0.0667 e. The average Bonchev–Trinajstić information content (AvgIpc) is 3.40.